The van der Waals surface area contributed by atoms with Crippen molar-refractivity contribution < 1.29 is 4.84 Å². The molecule has 2 heteroatoms. The molecule has 1 aromatic carbocycles. The molecule has 4 aliphatic carbocycles. The minimum atomic E-state index is 0.0857. The number of rotatable bonds is 4. The number of oxime groups is 1. The third-order valence-electron chi connectivity index (χ3n) is 6.48. The van der Waals surface area contributed by atoms with Gasteiger partial charge >= 0.3 is 0 Å². The van der Waals surface area contributed by atoms with Crippen molar-refractivity contribution in [2.45, 2.75) is 65.9 Å². The van der Waals surface area contributed by atoms with Gasteiger partial charge in [-0.05, 0) is 61.8 Å². The van der Waals surface area contributed by atoms with Crippen LogP contribution in [0.2, 0.25) is 0 Å². The minimum Gasteiger partial charge on any atom is -0.391 e. The maximum Gasteiger partial charge on any atom is 0.142 e. The van der Waals surface area contributed by atoms with E-state index in [-0.39, 0.29) is 5.41 Å². The van der Waals surface area contributed by atoms with E-state index >= 15 is 0 Å². The van der Waals surface area contributed by atoms with Crippen molar-refractivity contribution in [2.75, 3.05) is 0 Å². The normalized spacial score (nSPS) is 35.3. The van der Waals surface area contributed by atoms with Crippen LogP contribution in [0.1, 0.15) is 64.9 Å². The van der Waals surface area contributed by atoms with Crippen molar-refractivity contribution in [1.29, 1.82) is 0 Å². The lowest BCUT2D eigenvalue weighted by Crippen LogP contribution is -2.53. The van der Waals surface area contributed by atoms with E-state index in [9.17, 15) is 0 Å². The van der Waals surface area contributed by atoms with Gasteiger partial charge < -0.3 is 4.84 Å². The summed E-state index contributed by atoms with van der Waals surface area (Å²) in [6.07, 6.45) is 8.47. The molecule has 4 fully saturated rings. The average Bonchev–Trinajstić information content (AvgIpc) is 2.50. The number of hydrogen-bond donors (Lipinski definition) is 0. The summed E-state index contributed by atoms with van der Waals surface area (Å²) >= 11 is 0. The van der Waals surface area contributed by atoms with Gasteiger partial charge in [0.15, 0.2) is 0 Å². The highest BCUT2D eigenvalue weighted by atomic mass is 16.6. The Morgan fingerprint density at radius 2 is 1.54 bits per heavy atom. The third-order valence-corrected chi connectivity index (χ3v) is 6.48. The first-order chi connectivity index (χ1) is 11.4. The SMILES string of the molecule is CC(C)(C)/C(=N/OCc1ccccc1)C12CC3CC(CC(C3)C1)C2. The van der Waals surface area contributed by atoms with Gasteiger partial charge in [0.1, 0.15) is 6.61 Å². The quantitative estimate of drug-likeness (QED) is 0.505. The highest BCUT2D eigenvalue weighted by molar-refractivity contribution is 5.94. The van der Waals surface area contributed by atoms with E-state index in [2.05, 4.69) is 45.0 Å². The van der Waals surface area contributed by atoms with E-state index in [4.69, 9.17) is 9.99 Å². The number of nitrogens with zero attached hydrogens (tertiary/aromatic N) is 1. The van der Waals surface area contributed by atoms with E-state index in [1.165, 1.54) is 49.8 Å². The molecule has 0 N–H and O–H groups in total. The maximum atomic E-state index is 5.89. The van der Waals surface area contributed by atoms with Gasteiger partial charge in [-0.2, -0.15) is 0 Å². The molecule has 2 nitrogen and oxygen atoms in total. The zero-order valence-electron chi connectivity index (χ0n) is 15.4. The largest absolute Gasteiger partial charge is 0.391 e. The summed E-state index contributed by atoms with van der Waals surface area (Å²) in [5.74, 6) is 2.83. The first kappa shape index (κ1) is 16.2. The molecule has 0 atom stereocenters. The summed E-state index contributed by atoms with van der Waals surface area (Å²) < 4.78 is 0. The molecule has 4 aliphatic rings. The maximum absolute atomic E-state index is 5.89. The molecule has 0 radical (unpaired) electrons. The molecule has 0 unspecified atom stereocenters. The standard InChI is InChI=1S/C22H31NO/c1-21(2,3)20(23-24-15-16-7-5-4-6-8-16)22-12-17-9-18(13-22)11-19(10-17)14-22/h4-8,17-19H,9-15H2,1-3H3/b23-20-. The van der Waals surface area contributed by atoms with Crippen molar-refractivity contribution in [3.8, 4) is 0 Å². The monoisotopic (exact) mass is 325 g/mol. The van der Waals surface area contributed by atoms with E-state index in [0.717, 1.165) is 17.8 Å². The molecule has 0 amide bonds. The van der Waals surface area contributed by atoms with Gasteiger partial charge in [0.05, 0.1) is 5.71 Å². The highest BCUT2D eigenvalue weighted by Gasteiger charge is 2.55. The van der Waals surface area contributed by atoms with Crippen LogP contribution in [0.25, 0.3) is 0 Å². The number of benzene rings is 1. The Hall–Kier alpha value is -1.31. The van der Waals surface area contributed by atoms with Gasteiger partial charge in [0.2, 0.25) is 0 Å². The lowest BCUT2D eigenvalue weighted by atomic mass is 9.46. The van der Waals surface area contributed by atoms with Crippen molar-refractivity contribution in [3.05, 3.63) is 35.9 Å². The Kier molecular flexibility index (Phi) is 3.97. The summed E-state index contributed by atoms with van der Waals surface area (Å²) in [7, 11) is 0. The fourth-order valence-electron chi connectivity index (χ4n) is 6.18. The average molecular weight is 325 g/mol. The minimum absolute atomic E-state index is 0.0857. The van der Waals surface area contributed by atoms with Crippen molar-refractivity contribution in [1.82, 2.24) is 0 Å². The van der Waals surface area contributed by atoms with Crippen LogP contribution in [0, 0.1) is 28.6 Å². The molecule has 0 saturated heterocycles. The molecule has 4 saturated carbocycles. The molecular formula is C22H31NO. The van der Waals surface area contributed by atoms with E-state index in [0.29, 0.717) is 12.0 Å². The summed E-state index contributed by atoms with van der Waals surface area (Å²) in [6, 6.07) is 10.4. The van der Waals surface area contributed by atoms with Crippen molar-refractivity contribution in [2.24, 2.45) is 33.7 Å². The van der Waals surface area contributed by atoms with E-state index in [1.54, 1.807) is 0 Å². The summed E-state index contributed by atoms with van der Waals surface area (Å²) in [6.45, 7) is 7.52. The van der Waals surface area contributed by atoms with Crippen LogP contribution in [0.4, 0.5) is 0 Å². The topological polar surface area (TPSA) is 21.6 Å². The fourth-order valence-corrected chi connectivity index (χ4v) is 6.18. The Bertz CT molecular complexity index is 575. The molecule has 0 aliphatic heterocycles. The predicted molar refractivity (Wildman–Crippen MR) is 98.7 cm³/mol. The van der Waals surface area contributed by atoms with Gasteiger partial charge in [0, 0.05) is 10.8 Å². The summed E-state index contributed by atoms with van der Waals surface area (Å²) in [5.41, 5.74) is 2.94. The van der Waals surface area contributed by atoms with Gasteiger partial charge in [-0.3, -0.25) is 0 Å². The summed E-state index contributed by atoms with van der Waals surface area (Å²) in [4.78, 5) is 5.89. The zero-order chi connectivity index (χ0) is 16.8. The van der Waals surface area contributed by atoms with Gasteiger partial charge in [-0.15, -0.1) is 0 Å². The Morgan fingerprint density at radius 1 is 1.00 bits per heavy atom. The molecule has 4 bridgehead atoms. The molecule has 0 aromatic heterocycles. The zero-order valence-corrected chi connectivity index (χ0v) is 15.4. The smallest absolute Gasteiger partial charge is 0.142 e. The van der Waals surface area contributed by atoms with Gasteiger partial charge in [-0.1, -0.05) is 56.3 Å². The molecule has 1 aromatic rings. The first-order valence-electron chi connectivity index (χ1n) is 9.69. The van der Waals surface area contributed by atoms with Crippen LogP contribution in [-0.4, -0.2) is 5.71 Å². The summed E-state index contributed by atoms with van der Waals surface area (Å²) in [5, 5.41) is 4.80. The molecule has 24 heavy (non-hydrogen) atoms. The van der Waals surface area contributed by atoms with Crippen molar-refractivity contribution in [3.63, 3.8) is 0 Å². The second-order valence-electron chi connectivity index (χ2n) is 9.65. The number of hydrogen-bond acceptors (Lipinski definition) is 2. The third kappa shape index (κ3) is 3.00. The second kappa shape index (κ2) is 5.89. The van der Waals surface area contributed by atoms with Crippen LogP contribution < -0.4 is 0 Å². The predicted octanol–water partition coefficient (Wildman–Crippen LogP) is 5.82. The van der Waals surface area contributed by atoms with Crippen LogP contribution in [0.3, 0.4) is 0 Å². The van der Waals surface area contributed by atoms with Gasteiger partial charge in [-0.25, -0.2) is 0 Å². The van der Waals surface area contributed by atoms with Crippen LogP contribution in [-0.2, 0) is 11.4 Å². The lowest BCUT2D eigenvalue weighted by molar-refractivity contribution is -0.0196. The van der Waals surface area contributed by atoms with Crippen LogP contribution >= 0.6 is 0 Å². The Balaban J connectivity index is 1.57. The lowest BCUT2D eigenvalue weighted by Gasteiger charge is -2.58. The first-order valence-corrected chi connectivity index (χ1v) is 9.69. The molecule has 0 spiro atoms. The van der Waals surface area contributed by atoms with E-state index < -0.39 is 0 Å². The Morgan fingerprint density at radius 3 is 2.04 bits per heavy atom. The molecule has 130 valence electrons. The second-order valence-corrected chi connectivity index (χ2v) is 9.65. The molecule has 0 heterocycles. The molecule has 5 rings (SSSR count). The Labute approximate surface area is 146 Å². The molecular weight excluding hydrogens is 294 g/mol. The van der Waals surface area contributed by atoms with E-state index in [1.807, 2.05) is 6.07 Å². The van der Waals surface area contributed by atoms with Crippen molar-refractivity contribution >= 4 is 5.71 Å². The highest BCUT2D eigenvalue weighted by Crippen LogP contribution is 2.62. The fraction of sp³-hybridized carbons (Fsp3) is 0.682. The van der Waals surface area contributed by atoms with Crippen LogP contribution in [0.5, 0.6) is 0 Å². The van der Waals surface area contributed by atoms with Gasteiger partial charge in [0.25, 0.3) is 0 Å². The van der Waals surface area contributed by atoms with Crippen LogP contribution in [0.15, 0.2) is 35.5 Å².